The van der Waals surface area contributed by atoms with E-state index in [0.29, 0.717) is 0 Å². The van der Waals surface area contributed by atoms with E-state index in [9.17, 15) is 9.36 Å². The fourth-order valence-corrected chi connectivity index (χ4v) is 2.67. The molecule has 0 aliphatic carbocycles. The van der Waals surface area contributed by atoms with E-state index in [0.717, 1.165) is 0 Å². The van der Waals surface area contributed by atoms with Crippen molar-refractivity contribution in [2.45, 2.75) is 39.1 Å². The van der Waals surface area contributed by atoms with Crippen LogP contribution in [0.5, 0.6) is 0 Å². The average Bonchev–Trinajstić information content (AvgIpc) is 1.99. The van der Waals surface area contributed by atoms with E-state index in [-0.39, 0.29) is 0 Å². The lowest BCUT2D eigenvalue weighted by Gasteiger charge is -2.29. The Labute approximate surface area is 98.1 Å². The van der Waals surface area contributed by atoms with Gasteiger partial charge in [0.15, 0.2) is 5.60 Å². The molecule has 0 radical (unpaired) electrons. The first-order chi connectivity index (χ1) is 6.90. The van der Waals surface area contributed by atoms with E-state index in [1.807, 2.05) is 19.6 Å². The Hall–Kier alpha value is -0.163. The second-order valence-corrected chi connectivity index (χ2v) is 11.6. The lowest BCUT2D eigenvalue weighted by atomic mass is 10.1. The van der Waals surface area contributed by atoms with E-state index in [4.69, 9.17) is 13.5 Å². The lowest BCUT2D eigenvalue weighted by molar-refractivity contribution is -0.150. The Morgan fingerprint density at radius 2 is 1.69 bits per heavy atom. The van der Waals surface area contributed by atoms with Crippen LogP contribution in [-0.2, 0) is 22.8 Å². The Balaban J connectivity index is 4.68. The third-order valence-corrected chi connectivity index (χ3v) is 3.87. The predicted molar refractivity (Wildman–Crippen MR) is 65.1 cm³/mol. The molecule has 0 rings (SSSR count). The van der Waals surface area contributed by atoms with Crippen molar-refractivity contribution in [2.24, 2.45) is 0 Å². The van der Waals surface area contributed by atoms with Crippen LogP contribution in [0.1, 0.15) is 13.8 Å². The molecule has 0 aliphatic heterocycles. The van der Waals surface area contributed by atoms with Crippen molar-refractivity contribution in [3.05, 3.63) is 0 Å². The Bertz CT molecular complexity index is 308. The third kappa shape index (κ3) is 5.79. The normalized spacial score (nSPS) is 16.7. The molecule has 0 saturated heterocycles. The number of carbonyl (C=O) groups excluding carboxylic acids is 1. The molecule has 0 aliphatic rings. The fraction of sp³-hybridized carbons (Fsp3) is 0.889. The van der Waals surface area contributed by atoms with Crippen molar-refractivity contribution in [1.29, 1.82) is 0 Å². The number of rotatable bonds is 5. The highest BCUT2D eigenvalue weighted by Gasteiger charge is 2.38. The van der Waals surface area contributed by atoms with E-state index in [1.54, 1.807) is 0 Å². The van der Waals surface area contributed by atoms with Gasteiger partial charge in [0.1, 0.15) is 0 Å². The molecule has 0 N–H and O–H groups in total. The van der Waals surface area contributed by atoms with Gasteiger partial charge in [-0.3, -0.25) is 13.9 Å². The molecular weight excluding hydrogens is 247 g/mol. The van der Waals surface area contributed by atoms with Crippen LogP contribution < -0.4 is 0 Å². The first-order valence-electron chi connectivity index (χ1n) is 4.97. The van der Waals surface area contributed by atoms with Crippen LogP contribution in [-0.4, -0.2) is 33.7 Å². The van der Waals surface area contributed by atoms with Crippen LogP contribution in [0.4, 0.5) is 0 Å². The van der Waals surface area contributed by atoms with Gasteiger partial charge in [-0.1, -0.05) is 0 Å². The van der Waals surface area contributed by atoms with Gasteiger partial charge in [-0.25, -0.2) is 0 Å². The highest BCUT2D eigenvalue weighted by atomic mass is 31.2. The first-order valence-corrected chi connectivity index (χ1v) is 10.4. The molecule has 7 heteroatoms. The summed E-state index contributed by atoms with van der Waals surface area (Å²) in [5, 5.41) is 0. The molecule has 0 bridgehead atoms. The fourth-order valence-electron chi connectivity index (χ4n) is 0.890. The maximum atomic E-state index is 11.8. The molecule has 0 fully saturated rings. The van der Waals surface area contributed by atoms with Crippen molar-refractivity contribution >= 4 is 21.9 Å². The minimum Gasteiger partial charge on any atom is -0.518 e. The van der Waals surface area contributed by atoms with Crippen LogP contribution in [0.15, 0.2) is 0 Å². The van der Waals surface area contributed by atoms with E-state index in [2.05, 4.69) is 0 Å². The van der Waals surface area contributed by atoms with Crippen LogP contribution in [0, 0.1) is 0 Å². The topological polar surface area (TPSA) is 61.8 Å². The molecule has 0 amide bonds. The number of hydrogen-bond acceptors (Lipinski definition) is 5. The standard InChI is InChI=1S/C9H21O5PSi/c1-9(2,14-15(4,11)12-3)8(10)13-16(5,6)7/h1-7H3. The molecule has 1 unspecified atom stereocenters. The van der Waals surface area contributed by atoms with Gasteiger partial charge >= 0.3 is 13.6 Å². The summed E-state index contributed by atoms with van der Waals surface area (Å²) in [6.07, 6.45) is 0. The van der Waals surface area contributed by atoms with E-state index >= 15 is 0 Å². The highest BCUT2D eigenvalue weighted by molar-refractivity contribution is 7.53. The highest BCUT2D eigenvalue weighted by Crippen LogP contribution is 2.47. The number of carbonyl (C=O) groups is 1. The Morgan fingerprint density at radius 3 is 2.00 bits per heavy atom. The zero-order chi connectivity index (χ0) is 13.2. The van der Waals surface area contributed by atoms with Crippen molar-refractivity contribution in [1.82, 2.24) is 0 Å². The monoisotopic (exact) mass is 268 g/mol. The molecule has 96 valence electrons. The molecular formula is C9H21O5PSi. The van der Waals surface area contributed by atoms with Crippen molar-refractivity contribution in [3.8, 4) is 0 Å². The maximum absolute atomic E-state index is 11.8. The van der Waals surface area contributed by atoms with Crippen molar-refractivity contribution in [3.63, 3.8) is 0 Å². The molecule has 1 atom stereocenters. The Kier molecular flexibility index (Phi) is 4.95. The van der Waals surface area contributed by atoms with Gasteiger partial charge in [0.2, 0.25) is 8.32 Å². The van der Waals surface area contributed by atoms with Crippen LogP contribution in [0.3, 0.4) is 0 Å². The zero-order valence-corrected chi connectivity index (χ0v) is 12.9. The molecule has 0 heterocycles. The van der Waals surface area contributed by atoms with Gasteiger partial charge < -0.3 is 8.95 Å². The largest absolute Gasteiger partial charge is 0.518 e. The Morgan fingerprint density at radius 1 is 1.25 bits per heavy atom. The van der Waals surface area contributed by atoms with Gasteiger partial charge in [-0.15, -0.1) is 0 Å². The minimum atomic E-state index is -3.20. The number of hydrogen-bond donors (Lipinski definition) is 0. The SMILES string of the molecule is COP(C)(=O)OC(C)(C)C(=O)O[Si](C)(C)C. The molecule has 0 aromatic heterocycles. The van der Waals surface area contributed by atoms with Crippen LogP contribution >= 0.6 is 7.60 Å². The first kappa shape index (κ1) is 15.8. The summed E-state index contributed by atoms with van der Waals surface area (Å²) in [4.78, 5) is 11.8. The summed E-state index contributed by atoms with van der Waals surface area (Å²) in [6, 6.07) is 0. The van der Waals surface area contributed by atoms with Crippen molar-refractivity contribution < 1.29 is 22.8 Å². The van der Waals surface area contributed by atoms with E-state index in [1.165, 1.54) is 27.6 Å². The minimum absolute atomic E-state index is 0.509. The molecule has 0 aromatic carbocycles. The second-order valence-electron chi connectivity index (χ2n) is 5.06. The lowest BCUT2D eigenvalue weighted by Crippen LogP contribution is -2.42. The molecule has 16 heavy (non-hydrogen) atoms. The predicted octanol–water partition coefficient (Wildman–Crippen LogP) is 2.63. The summed E-state index contributed by atoms with van der Waals surface area (Å²) in [6.45, 7) is 10.0. The molecule has 5 nitrogen and oxygen atoms in total. The third-order valence-electron chi connectivity index (χ3n) is 1.62. The smallest absolute Gasteiger partial charge is 0.328 e. The van der Waals surface area contributed by atoms with Gasteiger partial charge in [0.05, 0.1) is 0 Å². The molecule has 0 saturated carbocycles. The summed E-state index contributed by atoms with van der Waals surface area (Å²) in [7, 11) is -3.90. The summed E-state index contributed by atoms with van der Waals surface area (Å²) in [5.74, 6) is -0.509. The zero-order valence-electron chi connectivity index (χ0n) is 11.0. The van der Waals surface area contributed by atoms with Gasteiger partial charge in [-0.2, -0.15) is 0 Å². The van der Waals surface area contributed by atoms with Crippen LogP contribution in [0.2, 0.25) is 19.6 Å². The molecule has 0 aromatic rings. The summed E-state index contributed by atoms with van der Waals surface area (Å²) < 4.78 is 26.8. The van der Waals surface area contributed by atoms with Gasteiger partial charge in [0, 0.05) is 13.8 Å². The van der Waals surface area contributed by atoms with Crippen molar-refractivity contribution in [2.75, 3.05) is 13.8 Å². The van der Waals surface area contributed by atoms with E-state index < -0.39 is 27.5 Å². The summed E-state index contributed by atoms with van der Waals surface area (Å²) >= 11 is 0. The van der Waals surface area contributed by atoms with Crippen LogP contribution in [0.25, 0.3) is 0 Å². The van der Waals surface area contributed by atoms with Gasteiger partial charge in [0.25, 0.3) is 0 Å². The quantitative estimate of drug-likeness (QED) is 0.566. The maximum Gasteiger partial charge on any atom is 0.328 e. The molecule has 0 spiro atoms. The summed E-state index contributed by atoms with van der Waals surface area (Å²) in [5.41, 5.74) is -1.26. The second kappa shape index (κ2) is 5.00. The average molecular weight is 268 g/mol. The van der Waals surface area contributed by atoms with Gasteiger partial charge in [-0.05, 0) is 33.5 Å².